The minimum absolute atomic E-state index is 0.00134. The van der Waals surface area contributed by atoms with Crippen LogP contribution >= 0.6 is 0 Å². The van der Waals surface area contributed by atoms with Crippen LogP contribution in [0.15, 0.2) is 79.0 Å². The van der Waals surface area contributed by atoms with E-state index in [0.717, 1.165) is 27.2 Å². The number of hydrogen-bond donors (Lipinski definition) is 1. The molecule has 1 aromatic heterocycles. The smallest absolute Gasteiger partial charge is 0.418 e. The molecule has 0 aliphatic heterocycles. The second-order valence-corrected chi connectivity index (χ2v) is 10.6. The number of carboxylic acid groups (broad SMARTS) is 1. The van der Waals surface area contributed by atoms with Gasteiger partial charge in [-0.3, -0.25) is 14.3 Å². The molecule has 1 aliphatic carbocycles. The highest BCUT2D eigenvalue weighted by Crippen LogP contribution is 2.44. The van der Waals surface area contributed by atoms with Crippen molar-refractivity contribution in [3.8, 4) is 11.1 Å². The van der Waals surface area contributed by atoms with Crippen LogP contribution in [0.5, 0.6) is 0 Å². The van der Waals surface area contributed by atoms with Crippen molar-refractivity contribution >= 4 is 29.1 Å². The molecule has 5 rings (SSSR count). The predicted molar refractivity (Wildman–Crippen MR) is 147 cm³/mol. The SMILES string of the molecule is CC(C)(C)OC(=O)n1ccc2c(CN(CC(=O)O)C(=O)OCC3c4ccccc4-c4ccccc43)cccc21. The van der Waals surface area contributed by atoms with E-state index in [1.54, 1.807) is 51.2 Å². The average molecular weight is 527 g/mol. The molecule has 0 unspecified atom stereocenters. The zero-order valence-electron chi connectivity index (χ0n) is 22.1. The Hall–Kier alpha value is -4.59. The molecule has 0 radical (unpaired) electrons. The summed E-state index contributed by atoms with van der Waals surface area (Å²) in [5.74, 6) is -1.29. The van der Waals surface area contributed by atoms with Crippen molar-refractivity contribution < 1.29 is 29.0 Å². The van der Waals surface area contributed by atoms with E-state index in [4.69, 9.17) is 9.47 Å². The van der Waals surface area contributed by atoms with Crippen LogP contribution in [0.25, 0.3) is 22.0 Å². The standard InChI is InChI=1S/C31H30N2O6/c1-31(2,3)39-30(37)33-16-15-21-20(9-8-14-27(21)33)17-32(18-28(34)35)29(36)38-19-26-24-12-6-4-10-22(24)23-11-5-7-13-25(23)26/h4-16,26H,17-19H2,1-3H3,(H,34,35). The van der Waals surface area contributed by atoms with Gasteiger partial charge in [0, 0.05) is 17.5 Å². The Morgan fingerprint density at radius 3 is 2.15 bits per heavy atom. The number of rotatable bonds is 6. The fraction of sp³-hybridized carbons (Fsp3) is 0.258. The van der Waals surface area contributed by atoms with Crippen molar-refractivity contribution in [1.29, 1.82) is 0 Å². The summed E-state index contributed by atoms with van der Waals surface area (Å²) in [4.78, 5) is 38.7. The second kappa shape index (κ2) is 10.3. The summed E-state index contributed by atoms with van der Waals surface area (Å²) >= 11 is 0. The fourth-order valence-electron chi connectivity index (χ4n) is 5.08. The van der Waals surface area contributed by atoms with Crippen LogP contribution in [0.3, 0.4) is 0 Å². The molecule has 0 saturated heterocycles. The lowest BCUT2D eigenvalue weighted by atomic mass is 9.98. The Bertz CT molecular complexity index is 1520. The molecule has 0 saturated carbocycles. The largest absolute Gasteiger partial charge is 0.480 e. The van der Waals surface area contributed by atoms with E-state index in [2.05, 4.69) is 12.1 Å². The Kier molecular flexibility index (Phi) is 6.87. The van der Waals surface area contributed by atoms with E-state index < -0.39 is 30.3 Å². The van der Waals surface area contributed by atoms with Gasteiger partial charge in [0.1, 0.15) is 18.8 Å². The van der Waals surface area contributed by atoms with Crippen molar-refractivity contribution in [1.82, 2.24) is 9.47 Å². The van der Waals surface area contributed by atoms with Gasteiger partial charge < -0.3 is 14.6 Å². The number of nitrogens with zero attached hydrogens (tertiary/aromatic N) is 2. The van der Waals surface area contributed by atoms with Gasteiger partial charge in [-0.1, -0.05) is 60.7 Å². The maximum absolute atomic E-state index is 13.2. The molecule has 1 N–H and O–H groups in total. The van der Waals surface area contributed by atoms with Crippen molar-refractivity contribution in [2.45, 2.75) is 38.8 Å². The van der Waals surface area contributed by atoms with Crippen LogP contribution in [-0.4, -0.2) is 51.5 Å². The van der Waals surface area contributed by atoms with Crippen LogP contribution < -0.4 is 0 Å². The van der Waals surface area contributed by atoms with Crippen LogP contribution in [0.4, 0.5) is 9.59 Å². The van der Waals surface area contributed by atoms with Gasteiger partial charge in [0.15, 0.2) is 0 Å². The monoisotopic (exact) mass is 526 g/mol. The van der Waals surface area contributed by atoms with E-state index in [-0.39, 0.29) is 19.1 Å². The van der Waals surface area contributed by atoms with Crippen molar-refractivity contribution in [2.75, 3.05) is 13.2 Å². The third-order valence-corrected chi connectivity index (χ3v) is 6.69. The highest BCUT2D eigenvalue weighted by Gasteiger charge is 2.30. The third-order valence-electron chi connectivity index (χ3n) is 6.69. The molecule has 200 valence electrons. The molecular formula is C31H30N2O6. The molecule has 39 heavy (non-hydrogen) atoms. The molecule has 8 nitrogen and oxygen atoms in total. The lowest BCUT2D eigenvalue weighted by Gasteiger charge is -2.23. The van der Waals surface area contributed by atoms with Gasteiger partial charge in [-0.05, 0) is 60.7 Å². The van der Waals surface area contributed by atoms with Gasteiger partial charge in [0.2, 0.25) is 0 Å². The van der Waals surface area contributed by atoms with Gasteiger partial charge in [-0.2, -0.15) is 0 Å². The Labute approximate surface area is 226 Å². The van der Waals surface area contributed by atoms with Crippen molar-refractivity contribution in [2.24, 2.45) is 0 Å². The lowest BCUT2D eigenvalue weighted by molar-refractivity contribution is -0.138. The Balaban J connectivity index is 1.36. The van der Waals surface area contributed by atoms with Gasteiger partial charge in [-0.25, -0.2) is 9.59 Å². The fourth-order valence-corrected chi connectivity index (χ4v) is 5.08. The molecule has 3 aromatic carbocycles. The zero-order chi connectivity index (χ0) is 27.7. The van der Waals surface area contributed by atoms with Gasteiger partial charge >= 0.3 is 18.2 Å². The van der Waals surface area contributed by atoms with E-state index in [9.17, 15) is 19.5 Å². The van der Waals surface area contributed by atoms with E-state index >= 15 is 0 Å². The van der Waals surface area contributed by atoms with E-state index in [1.807, 2.05) is 36.4 Å². The van der Waals surface area contributed by atoms with Crippen LogP contribution in [0.1, 0.15) is 43.4 Å². The summed E-state index contributed by atoms with van der Waals surface area (Å²) in [5.41, 5.74) is 4.99. The number of aliphatic carboxylic acids is 1. The second-order valence-electron chi connectivity index (χ2n) is 10.6. The first-order valence-electron chi connectivity index (χ1n) is 12.8. The number of carbonyl (C=O) groups is 3. The third kappa shape index (κ3) is 5.36. The maximum atomic E-state index is 13.2. The summed E-state index contributed by atoms with van der Waals surface area (Å²) in [7, 11) is 0. The van der Waals surface area contributed by atoms with Gasteiger partial charge in [-0.15, -0.1) is 0 Å². The van der Waals surface area contributed by atoms with Crippen LogP contribution in [-0.2, 0) is 20.8 Å². The molecule has 1 heterocycles. The molecule has 0 spiro atoms. The average Bonchev–Trinajstić information content (AvgIpc) is 3.46. The number of aromatic nitrogens is 1. The first kappa shape index (κ1) is 26.0. The lowest BCUT2D eigenvalue weighted by Crippen LogP contribution is -2.36. The summed E-state index contributed by atoms with van der Waals surface area (Å²) < 4.78 is 12.6. The number of ether oxygens (including phenoxy) is 2. The van der Waals surface area contributed by atoms with Crippen molar-refractivity contribution in [3.63, 3.8) is 0 Å². The molecule has 1 aliphatic rings. The highest BCUT2D eigenvalue weighted by atomic mass is 16.6. The van der Waals surface area contributed by atoms with Crippen LogP contribution in [0, 0.1) is 0 Å². The normalized spacial score (nSPS) is 12.6. The van der Waals surface area contributed by atoms with Gasteiger partial charge in [0.05, 0.1) is 12.1 Å². The summed E-state index contributed by atoms with van der Waals surface area (Å²) in [6, 6.07) is 23.1. The number of hydrogen-bond acceptors (Lipinski definition) is 5. The highest BCUT2D eigenvalue weighted by molar-refractivity contribution is 5.92. The first-order chi connectivity index (χ1) is 18.6. The molecule has 1 amide bonds. The molecular weight excluding hydrogens is 496 g/mol. The molecule has 8 heteroatoms. The topological polar surface area (TPSA) is 98.1 Å². The number of benzene rings is 3. The zero-order valence-corrected chi connectivity index (χ0v) is 22.1. The first-order valence-corrected chi connectivity index (χ1v) is 12.8. The summed E-state index contributed by atoms with van der Waals surface area (Å²) in [6.45, 7) is 4.93. The molecule has 0 atom stereocenters. The Morgan fingerprint density at radius 2 is 1.54 bits per heavy atom. The number of fused-ring (bicyclic) bond motifs is 4. The predicted octanol–water partition coefficient (Wildman–Crippen LogP) is 6.26. The Morgan fingerprint density at radius 1 is 0.897 bits per heavy atom. The maximum Gasteiger partial charge on any atom is 0.418 e. The molecule has 4 aromatic rings. The van der Waals surface area contributed by atoms with E-state index in [1.165, 1.54) is 4.57 Å². The number of amides is 1. The number of carboxylic acids is 1. The summed E-state index contributed by atoms with van der Waals surface area (Å²) in [6.07, 6.45) is 0.369. The summed E-state index contributed by atoms with van der Waals surface area (Å²) in [5, 5.41) is 10.2. The van der Waals surface area contributed by atoms with Crippen molar-refractivity contribution in [3.05, 3.63) is 95.7 Å². The minimum atomic E-state index is -1.15. The quantitative estimate of drug-likeness (QED) is 0.318. The van der Waals surface area contributed by atoms with Crippen LogP contribution in [0.2, 0.25) is 0 Å². The van der Waals surface area contributed by atoms with Gasteiger partial charge in [0.25, 0.3) is 0 Å². The molecule has 0 bridgehead atoms. The molecule has 0 fully saturated rings. The minimum Gasteiger partial charge on any atom is -0.480 e. The van der Waals surface area contributed by atoms with E-state index in [0.29, 0.717) is 16.5 Å². The number of carbonyl (C=O) groups excluding carboxylic acids is 2.